The maximum Gasteiger partial charge on any atom is 0.230 e. The van der Waals surface area contributed by atoms with Crippen molar-refractivity contribution in [2.45, 2.75) is 45.1 Å². The number of para-hydroxylation sites is 1. The second kappa shape index (κ2) is 4.17. The standard InChI is InChI=1S/C15H19NO/c1-11-10-13-8-4-5-9-14(13)16(11)15(17)12-6-2-3-7-12/h4-5,8-9,11-12H,2-3,6-7,10H2,1H3/t11-/m0/s1. The summed E-state index contributed by atoms with van der Waals surface area (Å²) in [6, 6.07) is 8.67. The van der Waals surface area contributed by atoms with E-state index in [1.165, 1.54) is 18.4 Å². The highest BCUT2D eigenvalue weighted by Crippen LogP contribution is 2.36. The van der Waals surface area contributed by atoms with Gasteiger partial charge in [-0.3, -0.25) is 4.79 Å². The van der Waals surface area contributed by atoms with Crippen molar-refractivity contribution in [1.29, 1.82) is 0 Å². The van der Waals surface area contributed by atoms with Gasteiger partial charge in [-0.1, -0.05) is 31.0 Å². The fraction of sp³-hybridized carbons (Fsp3) is 0.533. The van der Waals surface area contributed by atoms with E-state index in [2.05, 4.69) is 25.1 Å². The molecule has 1 heterocycles. The molecule has 0 saturated heterocycles. The van der Waals surface area contributed by atoms with E-state index < -0.39 is 0 Å². The number of benzene rings is 1. The van der Waals surface area contributed by atoms with Crippen LogP contribution in [0.2, 0.25) is 0 Å². The highest BCUT2D eigenvalue weighted by molar-refractivity contribution is 5.97. The van der Waals surface area contributed by atoms with Crippen molar-refractivity contribution in [2.24, 2.45) is 5.92 Å². The van der Waals surface area contributed by atoms with Crippen LogP contribution in [0.1, 0.15) is 38.2 Å². The van der Waals surface area contributed by atoms with E-state index >= 15 is 0 Å². The van der Waals surface area contributed by atoms with Gasteiger partial charge in [0.05, 0.1) is 0 Å². The summed E-state index contributed by atoms with van der Waals surface area (Å²) in [6.45, 7) is 2.16. The number of rotatable bonds is 1. The highest BCUT2D eigenvalue weighted by atomic mass is 16.2. The molecule has 0 spiro atoms. The molecule has 0 radical (unpaired) electrons. The Bertz CT molecular complexity index is 434. The van der Waals surface area contributed by atoms with E-state index in [1.54, 1.807) is 0 Å². The first-order chi connectivity index (χ1) is 8.27. The van der Waals surface area contributed by atoms with Crippen LogP contribution in [-0.4, -0.2) is 11.9 Å². The number of anilines is 1. The lowest BCUT2D eigenvalue weighted by atomic mass is 10.1. The Morgan fingerprint density at radius 2 is 1.94 bits per heavy atom. The molecule has 1 aromatic carbocycles. The van der Waals surface area contributed by atoms with Crippen molar-refractivity contribution >= 4 is 11.6 Å². The molecule has 1 aliphatic heterocycles. The van der Waals surface area contributed by atoms with Gasteiger partial charge in [0, 0.05) is 17.6 Å². The number of amides is 1. The predicted molar refractivity (Wildman–Crippen MR) is 69.1 cm³/mol. The van der Waals surface area contributed by atoms with Gasteiger partial charge in [0.1, 0.15) is 0 Å². The monoisotopic (exact) mass is 229 g/mol. The van der Waals surface area contributed by atoms with E-state index in [0.717, 1.165) is 24.9 Å². The summed E-state index contributed by atoms with van der Waals surface area (Å²) in [5.41, 5.74) is 2.48. The van der Waals surface area contributed by atoms with Crippen molar-refractivity contribution in [3.8, 4) is 0 Å². The van der Waals surface area contributed by atoms with Crippen LogP contribution in [0.15, 0.2) is 24.3 Å². The lowest BCUT2D eigenvalue weighted by Crippen LogP contribution is -2.39. The maximum absolute atomic E-state index is 12.5. The molecule has 1 atom stereocenters. The second-order valence-corrected chi connectivity index (χ2v) is 5.37. The zero-order valence-corrected chi connectivity index (χ0v) is 10.4. The molecule has 1 aliphatic carbocycles. The van der Waals surface area contributed by atoms with Gasteiger partial charge < -0.3 is 4.90 Å². The van der Waals surface area contributed by atoms with Crippen LogP contribution in [0.25, 0.3) is 0 Å². The van der Waals surface area contributed by atoms with Crippen LogP contribution >= 0.6 is 0 Å². The number of fused-ring (bicyclic) bond motifs is 1. The fourth-order valence-electron chi connectivity index (χ4n) is 3.27. The maximum atomic E-state index is 12.5. The lowest BCUT2D eigenvalue weighted by Gasteiger charge is -2.25. The van der Waals surface area contributed by atoms with Gasteiger partial charge in [-0.15, -0.1) is 0 Å². The van der Waals surface area contributed by atoms with Gasteiger partial charge in [0.25, 0.3) is 0 Å². The first kappa shape index (κ1) is 10.8. The van der Waals surface area contributed by atoms with Gasteiger partial charge >= 0.3 is 0 Å². The van der Waals surface area contributed by atoms with Crippen molar-refractivity contribution in [3.05, 3.63) is 29.8 Å². The summed E-state index contributed by atoms with van der Waals surface area (Å²) in [5.74, 6) is 0.642. The van der Waals surface area contributed by atoms with Crippen molar-refractivity contribution < 1.29 is 4.79 Å². The minimum absolute atomic E-state index is 0.281. The molecular weight excluding hydrogens is 210 g/mol. The minimum atomic E-state index is 0.281. The van der Waals surface area contributed by atoms with Crippen molar-refractivity contribution in [2.75, 3.05) is 4.90 Å². The number of carbonyl (C=O) groups is 1. The molecule has 0 N–H and O–H groups in total. The SMILES string of the molecule is C[C@H]1Cc2ccccc2N1C(=O)C1CCCC1. The molecule has 1 saturated carbocycles. The summed E-state index contributed by atoms with van der Waals surface area (Å²) >= 11 is 0. The Labute approximate surface area is 103 Å². The molecule has 3 rings (SSSR count). The molecule has 0 bridgehead atoms. The van der Waals surface area contributed by atoms with Gasteiger partial charge in [0.2, 0.25) is 5.91 Å². The average Bonchev–Trinajstić information content (AvgIpc) is 2.94. The van der Waals surface area contributed by atoms with Crippen LogP contribution in [0, 0.1) is 5.92 Å². The van der Waals surface area contributed by atoms with Gasteiger partial charge in [-0.05, 0) is 37.8 Å². The van der Waals surface area contributed by atoms with Crippen molar-refractivity contribution in [1.82, 2.24) is 0 Å². The van der Waals surface area contributed by atoms with Gasteiger partial charge in [-0.2, -0.15) is 0 Å². The van der Waals surface area contributed by atoms with Gasteiger partial charge in [0.15, 0.2) is 0 Å². The minimum Gasteiger partial charge on any atom is -0.309 e. The smallest absolute Gasteiger partial charge is 0.230 e. The molecule has 1 amide bonds. The predicted octanol–water partition coefficient (Wildman–Crippen LogP) is 3.15. The van der Waals surface area contributed by atoms with Crippen LogP contribution in [0.5, 0.6) is 0 Å². The fourth-order valence-corrected chi connectivity index (χ4v) is 3.27. The van der Waals surface area contributed by atoms with E-state index in [0.29, 0.717) is 11.9 Å². The van der Waals surface area contributed by atoms with E-state index in [9.17, 15) is 4.79 Å². The molecule has 17 heavy (non-hydrogen) atoms. The molecular formula is C15H19NO. The van der Waals surface area contributed by atoms with Crippen LogP contribution in [0.4, 0.5) is 5.69 Å². The molecule has 2 nitrogen and oxygen atoms in total. The van der Waals surface area contributed by atoms with Crippen LogP contribution < -0.4 is 4.90 Å². The number of nitrogens with zero attached hydrogens (tertiary/aromatic N) is 1. The number of carbonyl (C=O) groups excluding carboxylic acids is 1. The zero-order chi connectivity index (χ0) is 11.8. The summed E-state index contributed by atoms with van der Waals surface area (Å²) < 4.78 is 0. The molecule has 1 aromatic rings. The Balaban J connectivity index is 1.89. The third-order valence-electron chi connectivity index (χ3n) is 4.15. The van der Waals surface area contributed by atoms with Crippen LogP contribution in [0.3, 0.4) is 0 Å². The Kier molecular flexibility index (Phi) is 2.65. The Hall–Kier alpha value is -1.31. The van der Waals surface area contributed by atoms with Gasteiger partial charge in [-0.25, -0.2) is 0 Å². The molecule has 0 unspecified atom stereocenters. The summed E-state index contributed by atoms with van der Waals surface area (Å²) in [4.78, 5) is 14.6. The third-order valence-corrected chi connectivity index (χ3v) is 4.15. The normalized spacial score (nSPS) is 24.1. The Morgan fingerprint density at radius 1 is 1.24 bits per heavy atom. The Morgan fingerprint density at radius 3 is 2.71 bits per heavy atom. The highest BCUT2D eigenvalue weighted by Gasteiger charge is 2.35. The topological polar surface area (TPSA) is 20.3 Å². The molecule has 1 fully saturated rings. The summed E-state index contributed by atoms with van der Waals surface area (Å²) in [5, 5.41) is 0. The number of hydrogen-bond donors (Lipinski definition) is 0. The number of hydrogen-bond acceptors (Lipinski definition) is 1. The molecule has 2 heteroatoms. The summed E-state index contributed by atoms with van der Waals surface area (Å²) in [7, 11) is 0. The summed E-state index contributed by atoms with van der Waals surface area (Å²) in [6.07, 6.45) is 5.63. The zero-order valence-electron chi connectivity index (χ0n) is 10.4. The van der Waals surface area contributed by atoms with E-state index in [-0.39, 0.29) is 5.92 Å². The lowest BCUT2D eigenvalue weighted by molar-refractivity contribution is -0.122. The molecule has 2 aliphatic rings. The third kappa shape index (κ3) is 1.76. The quantitative estimate of drug-likeness (QED) is 0.724. The largest absolute Gasteiger partial charge is 0.309 e. The molecule has 90 valence electrons. The van der Waals surface area contributed by atoms with E-state index in [4.69, 9.17) is 0 Å². The molecule has 0 aromatic heterocycles. The van der Waals surface area contributed by atoms with E-state index in [1.807, 2.05) is 11.0 Å². The second-order valence-electron chi connectivity index (χ2n) is 5.37. The first-order valence-corrected chi connectivity index (χ1v) is 6.68. The first-order valence-electron chi connectivity index (χ1n) is 6.68. The van der Waals surface area contributed by atoms with Crippen molar-refractivity contribution in [3.63, 3.8) is 0 Å². The average molecular weight is 229 g/mol. The van der Waals surface area contributed by atoms with Crippen LogP contribution in [-0.2, 0) is 11.2 Å².